The molecular formula is C26H44O7. The molecule has 1 saturated carbocycles. The van der Waals surface area contributed by atoms with Crippen LogP contribution in [-0.2, 0) is 23.7 Å². The van der Waals surface area contributed by atoms with E-state index < -0.39 is 12.1 Å². The van der Waals surface area contributed by atoms with Crippen molar-refractivity contribution >= 4 is 5.97 Å². The second-order valence-corrected chi connectivity index (χ2v) is 9.88. The number of carboxylic acid groups (broad SMARTS) is 1. The predicted octanol–water partition coefficient (Wildman–Crippen LogP) is 4.81. The van der Waals surface area contributed by atoms with E-state index in [9.17, 15) is 15.0 Å². The Labute approximate surface area is 198 Å². The van der Waals surface area contributed by atoms with Crippen molar-refractivity contribution in [2.24, 2.45) is 11.8 Å². The SMILES string of the molecule is CC(=CCCCCCCOC1CCCCO1)[C@@H]1[C@@H](CC(=O)O)[C@@H](O)C[C@H]1OC1CCCCO1. The van der Waals surface area contributed by atoms with Crippen molar-refractivity contribution in [1.29, 1.82) is 0 Å². The van der Waals surface area contributed by atoms with Gasteiger partial charge in [0, 0.05) is 38.1 Å². The van der Waals surface area contributed by atoms with Crippen LogP contribution in [-0.4, -0.2) is 60.8 Å². The maximum atomic E-state index is 11.4. The summed E-state index contributed by atoms with van der Waals surface area (Å²) in [5, 5.41) is 20.0. The number of ether oxygens (including phenoxy) is 4. The van der Waals surface area contributed by atoms with Crippen LogP contribution in [0.1, 0.15) is 90.4 Å². The lowest BCUT2D eigenvalue weighted by atomic mass is 9.84. The summed E-state index contributed by atoms with van der Waals surface area (Å²) < 4.78 is 23.4. The van der Waals surface area contributed by atoms with Crippen molar-refractivity contribution in [2.45, 2.75) is 115 Å². The molecule has 0 spiro atoms. The van der Waals surface area contributed by atoms with Crippen LogP contribution in [0.5, 0.6) is 0 Å². The zero-order valence-corrected chi connectivity index (χ0v) is 20.3. The number of rotatable bonds is 13. The first kappa shape index (κ1) is 26.6. The van der Waals surface area contributed by atoms with Gasteiger partial charge in [0.25, 0.3) is 0 Å². The number of aliphatic carboxylic acids is 1. The van der Waals surface area contributed by atoms with Crippen molar-refractivity contribution in [2.75, 3.05) is 19.8 Å². The van der Waals surface area contributed by atoms with Gasteiger partial charge in [-0.1, -0.05) is 24.5 Å². The number of allylic oxidation sites excluding steroid dienone is 1. The lowest BCUT2D eigenvalue weighted by molar-refractivity contribution is -0.193. The summed E-state index contributed by atoms with van der Waals surface area (Å²) in [7, 11) is 0. The number of hydrogen-bond donors (Lipinski definition) is 2. The van der Waals surface area contributed by atoms with Crippen LogP contribution in [0.15, 0.2) is 11.6 Å². The molecule has 2 unspecified atom stereocenters. The lowest BCUT2D eigenvalue weighted by Gasteiger charge is -2.30. The van der Waals surface area contributed by atoms with E-state index in [0.717, 1.165) is 83.0 Å². The number of unbranched alkanes of at least 4 members (excludes halogenated alkanes) is 4. The van der Waals surface area contributed by atoms with E-state index in [0.29, 0.717) is 13.0 Å². The molecule has 7 heteroatoms. The highest BCUT2D eigenvalue weighted by Gasteiger charge is 2.45. The normalized spacial score (nSPS) is 33.3. The van der Waals surface area contributed by atoms with Gasteiger partial charge >= 0.3 is 5.97 Å². The summed E-state index contributed by atoms with van der Waals surface area (Å²) in [5.74, 6) is -1.26. The molecule has 0 aromatic heterocycles. The van der Waals surface area contributed by atoms with Gasteiger partial charge in [0.2, 0.25) is 0 Å². The quantitative estimate of drug-likeness (QED) is 0.296. The zero-order valence-electron chi connectivity index (χ0n) is 20.3. The molecule has 7 nitrogen and oxygen atoms in total. The van der Waals surface area contributed by atoms with E-state index in [-0.39, 0.29) is 36.9 Å². The molecule has 0 bridgehead atoms. The highest BCUT2D eigenvalue weighted by Crippen LogP contribution is 2.42. The van der Waals surface area contributed by atoms with Crippen LogP contribution in [0.4, 0.5) is 0 Å². The number of aliphatic hydroxyl groups excluding tert-OH is 1. The van der Waals surface area contributed by atoms with Crippen LogP contribution in [0.2, 0.25) is 0 Å². The second kappa shape index (κ2) is 14.4. The molecule has 3 aliphatic rings. The monoisotopic (exact) mass is 468 g/mol. The molecule has 33 heavy (non-hydrogen) atoms. The van der Waals surface area contributed by atoms with Crippen LogP contribution < -0.4 is 0 Å². The van der Waals surface area contributed by atoms with Gasteiger partial charge in [0.05, 0.1) is 18.6 Å². The van der Waals surface area contributed by atoms with Crippen molar-refractivity contribution < 1.29 is 34.0 Å². The average Bonchev–Trinajstić information content (AvgIpc) is 3.10. The summed E-state index contributed by atoms with van der Waals surface area (Å²) in [5.41, 5.74) is 1.14. The maximum absolute atomic E-state index is 11.4. The fraction of sp³-hybridized carbons (Fsp3) is 0.885. The first-order valence-corrected chi connectivity index (χ1v) is 13.1. The number of carbonyl (C=O) groups is 1. The number of hydrogen-bond acceptors (Lipinski definition) is 6. The summed E-state index contributed by atoms with van der Waals surface area (Å²) in [6, 6.07) is 0. The van der Waals surface area contributed by atoms with Crippen molar-refractivity contribution in [3.8, 4) is 0 Å². The molecule has 190 valence electrons. The molecule has 0 radical (unpaired) electrons. The zero-order chi connectivity index (χ0) is 23.5. The van der Waals surface area contributed by atoms with Gasteiger partial charge in [0.1, 0.15) is 0 Å². The molecular weight excluding hydrogens is 424 g/mol. The number of aliphatic hydroxyl groups is 1. The molecule has 3 fully saturated rings. The second-order valence-electron chi connectivity index (χ2n) is 9.88. The summed E-state index contributed by atoms with van der Waals surface area (Å²) >= 11 is 0. The molecule has 2 aliphatic heterocycles. The Morgan fingerprint density at radius 1 is 1.00 bits per heavy atom. The molecule has 0 aromatic rings. The minimum absolute atomic E-state index is 0.000909. The predicted molar refractivity (Wildman–Crippen MR) is 125 cm³/mol. The first-order valence-electron chi connectivity index (χ1n) is 13.1. The van der Waals surface area contributed by atoms with E-state index in [4.69, 9.17) is 18.9 Å². The first-order chi connectivity index (χ1) is 16.0. The van der Waals surface area contributed by atoms with Crippen LogP contribution in [0.3, 0.4) is 0 Å². The van der Waals surface area contributed by atoms with Crippen molar-refractivity contribution in [1.82, 2.24) is 0 Å². The topological polar surface area (TPSA) is 94.5 Å². The molecule has 6 atom stereocenters. The van der Waals surface area contributed by atoms with E-state index in [1.165, 1.54) is 6.42 Å². The van der Waals surface area contributed by atoms with Crippen LogP contribution in [0.25, 0.3) is 0 Å². The Hall–Kier alpha value is -0.990. The van der Waals surface area contributed by atoms with Crippen molar-refractivity contribution in [3.63, 3.8) is 0 Å². The Bertz CT molecular complexity index is 595. The molecule has 3 rings (SSSR count). The van der Waals surface area contributed by atoms with Gasteiger partial charge in [-0.15, -0.1) is 0 Å². The summed E-state index contributed by atoms with van der Waals surface area (Å²) in [4.78, 5) is 11.4. The Balaban J connectivity index is 1.42. The largest absolute Gasteiger partial charge is 0.481 e. The van der Waals surface area contributed by atoms with Gasteiger partial charge < -0.3 is 29.2 Å². The van der Waals surface area contributed by atoms with Gasteiger partial charge in [-0.2, -0.15) is 0 Å². The Kier molecular flexibility index (Phi) is 11.6. The third-order valence-corrected chi connectivity index (χ3v) is 7.24. The molecule has 0 amide bonds. The smallest absolute Gasteiger partial charge is 0.303 e. The summed E-state index contributed by atoms with van der Waals surface area (Å²) in [6.07, 6.45) is 13.3. The maximum Gasteiger partial charge on any atom is 0.303 e. The Morgan fingerprint density at radius 3 is 2.36 bits per heavy atom. The third kappa shape index (κ3) is 8.95. The highest BCUT2D eigenvalue weighted by molar-refractivity contribution is 5.67. The van der Waals surface area contributed by atoms with E-state index in [1.807, 2.05) is 0 Å². The van der Waals surface area contributed by atoms with Gasteiger partial charge in [-0.25, -0.2) is 0 Å². The van der Waals surface area contributed by atoms with Gasteiger partial charge in [0.15, 0.2) is 12.6 Å². The highest BCUT2D eigenvalue weighted by atomic mass is 16.7. The Morgan fingerprint density at radius 2 is 1.70 bits per heavy atom. The van der Waals surface area contributed by atoms with E-state index >= 15 is 0 Å². The van der Waals surface area contributed by atoms with E-state index in [2.05, 4.69) is 13.0 Å². The average molecular weight is 469 g/mol. The minimum Gasteiger partial charge on any atom is -0.481 e. The van der Waals surface area contributed by atoms with Gasteiger partial charge in [-0.05, 0) is 64.7 Å². The fourth-order valence-corrected chi connectivity index (χ4v) is 5.45. The number of carboxylic acids is 1. The van der Waals surface area contributed by atoms with Crippen LogP contribution in [0, 0.1) is 11.8 Å². The van der Waals surface area contributed by atoms with Crippen molar-refractivity contribution in [3.05, 3.63) is 11.6 Å². The van der Waals surface area contributed by atoms with Gasteiger partial charge in [-0.3, -0.25) is 4.79 Å². The molecule has 0 aromatic carbocycles. The molecule has 2 N–H and O–H groups in total. The summed E-state index contributed by atoms with van der Waals surface area (Å²) in [6.45, 7) is 4.35. The molecule has 2 heterocycles. The third-order valence-electron chi connectivity index (χ3n) is 7.24. The molecule has 1 aliphatic carbocycles. The lowest BCUT2D eigenvalue weighted by Crippen LogP contribution is -2.32. The van der Waals surface area contributed by atoms with Crippen LogP contribution >= 0.6 is 0 Å². The minimum atomic E-state index is -0.868. The standard InChI is InChI=1S/C26H44O7/c1-19(11-5-3-2-4-8-14-30-24-12-6-9-15-31-24)26-20(17-23(28)29)21(27)18-22(26)33-25-13-7-10-16-32-25/h11,20-22,24-27H,2-10,12-18H2,1H3,(H,28,29)/t20-,21-,22+,24?,25?,26+/m0/s1. The molecule has 2 saturated heterocycles. The fourth-order valence-electron chi connectivity index (χ4n) is 5.45. The van der Waals surface area contributed by atoms with E-state index in [1.54, 1.807) is 0 Å².